The maximum atomic E-state index is 13.1. The number of benzene rings is 2. The minimum atomic E-state index is -1.19. The number of thiazole rings is 1. The molecule has 0 unspecified atom stereocenters. The van der Waals surface area contributed by atoms with Gasteiger partial charge >= 0.3 is 5.97 Å². The second-order valence-electron chi connectivity index (χ2n) is 8.36. The van der Waals surface area contributed by atoms with Crippen molar-refractivity contribution >= 4 is 33.4 Å². The van der Waals surface area contributed by atoms with Crippen LogP contribution in [-0.4, -0.2) is 48.0 Å². The van der Waals surface area contributed by atoms with Crippen LogP contribution in [0, 0.1) is 0 Å². The Kier molecular flexibility index (Phi) is 6.07. The van der Waals surface area contributed by atoms with E-state index in [1.807, 2.05) is 24.3 Å². The number of ether oxygens (including phenoxy) is 1. The van der Waals surface area contributed by atoms with E-state index in [-0.39, 0.29) is 5.91 Å². The molecule has 0 radical (unpaired) electrons. The van der Waals surface area contributed by atoms with Crippen LogP contribution in [0.3, 0.4) is 0 Å². The summed E-state index contributed by atoms with van der Waals surface area (Å²) in [6.45, 7) is 2.64. The third-order valence-corrected chi connectivity index (χ3v) is 6.60. The molecule has 6 nitrogen and oxygen atoms in total. The first-order valence-electron chi connectivity index (χ1n) is 10.4. The van der Waals surface area contributed by atoms with Crippen LogP contribution in [0.2, 0.25) is 0 Å². The van der Waals surface area contributed by atoms with Gasteiger partial charge in [0, 0.05) is 26.3 Å². The van der Waals surface area contributed by atoms with E-state index in [0.717, 1.165) is 39.3 Å². The van der Waals surface area contributed by atoms with Gasteiger partial charge in [0.15, 0.2) is 5.60 Å². The molecule has 0 fully saturated rings. The summed E-state index contributed by atoms with van der Waals surface area (Å²) in [5, 5.41) is 3.80. The molecule has 0 atom stereocenters. The maximum absolute atomic E-state index is 13.1. The Morgan fingerprint density at radius 3 is 2.52 bits per heavy atom. The molecule has 1 amide bonds. The molecule has 4 rings (SSSR count). The van der Waals surface area contributed by atoms with E-state index in [0.29, 0.717) is 19.4 Å². The summed E-state index contributed by atoms with van der Waals surface area (Å²) in [5.74, 6) is -0.724. The Morgan fingerprint density at radius 2 is 1.87 bits per heavy atom. The fourth-order valence-electron chi connectivity index (χ4n) is 4.06. The van der Waals surface area contributed by atoms with Crippen LogP contribution in [0.25, 0.3) is 10.2 Å². The Morgan fingerprint density at radius 1 is 1.16 bits per heavy atom. The quantitative estimate of drug-likeness (QED) is 0.575. The molecule has 31 heavy (non-hydrogen) atoms. The van der Waals surface area contributed by atoms with Crippen molar-refractivity contribution in [1.29, 1.82) is 0 Å². The van der Waals surface area contributed by atoms with E-state index in [1.54, 1.807) is 11.3 Å². The van der Waals surface area contributed by atoms with Gasteiger partial charge in [-0.25, -0.2) is 4.98 Å². The predicted octanol–water partition coefficient (Wildman–Crippen LogP) is 3.12. The molecular formula is C24H27N3O3S. The smallest absolute Gasteiger partial charge is 0.303 e. The van der Waals surface area contributed by atoms with Crippen LogP contribution in [0.1, 0.15) is 28.6 Å². The summed E-state index contributed by atoms with van der Waals surface area (Å²) < 4.78 is 6.68. The second-order valence-corrected chi connectivity index (χ2v) is 9.47. The van der Waals surface area contributed by atoms with Gasteiger partial charge in [0.2, 0.25) is 0 Å². The van der Waals surface area contributed by atoms with Crippen molar-refractivity contribution in [1.82, 2.24) is 15.2 Å². The molecule has 0 spiro atoms. The summed E-state index contributed by atoms with van der Waals surface area (Å²) in [6, 6.07) is 14.2. The van der Waals surface area contributed by atoms with E-state index in [2.05, 4.69) is 42.5 Å². The molecule has 1 aliphatic carbocycles. The number of esters is 1. The second kappa shape index (κ2) is 8.77. The molecule has 1 N–H and O–H groups in total. The normalized spacial score (nSPS) is 14.6. The average molecular weight is 438 g/mol. The standard InChI is InChI=1S/C24H27N3O3S/c1-16(28)30-24(13-18-6-4-5-7-19(18)14-24)23(29)25-15-22-26-20-12-17(10-11-27(2)3)8-9-21(20)31-22/h4-9,12H,10-11,13-15H2,1-3H3,(H,25,29). The van der Waals surface area contributed by atoms with Gasteiger partial charge in [0.25, 0.3) is 5.91 Å². The highest BCUT2D eigenvalue weighted by atomic mass is 32.1. The minimum Gasteiger partial charge on any atom is -0.448 e. The molecule has 2 aromatic carbocycles. The number of nitrogens with one attached hydrogen (secondary N) is 1. The number of likely N-dealkylation sites (N-methyl/N-ethyl adjacent to an activating group) is 1. The van der Waals surface area contributed by atoms with Crippen LogP contribution >= 0.6 is 11.3 Å². The lowest BCUT2D eigenvalue weighted by atomic mass is 9.98. The predicted molar refractivity (Wildman–Crippen MR) is 122 cm³/mol. The Hall–Kier alpha value is -2.77. The number of amides is 1. The molecule has 1 aliphatic rings. The summed E-state index contributed by atoms with van der Waals surface area (Å²) >= 11 is 1.57. The third-order valence-electron chi connectivity index (χ3n) is 5.57. The molecule has 162 valence electrons. The first-order chi connectivity index (χ1) is 14.8. The zero-order chi connectivity index (χ0) is 22.0. The van der Waals surface area contributed by atoms with Gasteiger partial charge in [-0.1, -0.05) is 30.3 Å². The highest BCUT2D eigenvalue weighted by molar-refractivity contribution is 7.18. The van der Waals surface area contributed by atoms with Crippen LogP contribution < -0.4 is 5.32 Å². The monoisotopic (exact) mass is 437 g/mol. The highest BCUT2D eigenvalue weighted by Gasteiger charge is 2.46. The van der Waals surface area contributed by atoms with E-state index < -0.39 is 11.6 Å². The zero-order valence-electron chi connectivity index (χ0n) is 18.1. The average Bonchev–Trinajstić information content (AvgIpc) is 3.30. The van der Waals surface area contributed by atoms with Crippen LogP contribution in [0.5, 0.6) is 0 Å². The molecule has 0 saturated heterocycles. The number of fused-ring (bicyclic) bond motifs is 2. The molecule has 0 saturated carbocycles. The molecule has 1 heterocycles. The molecule has 3 aromatic rings. The summed E-state index contributed by atoms with van der Waals surface area (Å²) in [4.78, 5) is 31.8. The Bertz CT molecular complexity index is 1100. The van der Waals surface area contributed by atoms with Crippen LogP contribution in [-0.2, 0) is 40.1 Å². The number of hydrogen-bond donors (Lipinski definition) is 1. The topological polar surface area (TPSA) is 71.5 Å². The number of rotatable bonds is 7. The van der Waals surface area contributed by atoms with Crippen molar-refractivity contribution in [2.75, 3.05) is 20.6 Å². The van der Waals surface area contributed by atoms with Crippen LogP contribution in [0.4, 0.5) is 0 Å². The van der Waals surface area contributed by atoms with Gasteiger partial charge in [-0.3, -0.25) is 9.59 Å². The lowest BCUT2D eigenvalue weighted by molar-refractivity contribution is -0.166. The van der Waals surface area contributed by atoms with Crippen LogP contribution in [0.15, 0.2) is 42.5 Å². The first-order valence-corrected chi connectivity index (χ1v) is 11.2. The molecular weight excluding hydrogens is 410 g/mol. The van der Waals surface area contributed by atoms with E-state index >= 15 is 0 Å². The van der Waals surface area contributed by atoms with Crippen molar-refractivity contribution in [2.45, 2.75) is 38.3 Å². The largest absolute Gasteiger partial charge is 0.448 e. The maximum Gasteiger partial charge on any atom is 0.303 e. The minimum absolute atomic E-state index is 0.273. The van der Waals surface area contributed by atoms with Crippen molar-refractivity contribution in [2.24, 2.45) is 0 Å². The lowest BCUT2D eigenvalue weighted by Crippen LogP contribution is -2.50. The van der Waals surface area contributed by atoms with Gasteiger partial charge in [-0.15, -0.1) is 11.3 Å². The number of carbonyl (C=O) groups is 2. The molecule has 7 heteroatoms. The van der Waals surface area contributed by atoms with Crippen molar-refractivity contribution in [3.8, 4) is 0 Å². The summed E-state index contributed by atoms with van der Waals surface area (Å²) in [6.07, 6.45) is 1.76. The Balaban J connectivity index is 1.46. The highest BCUT2D eigenvalue weighted by Crippen LogP contribution is 2.33. The summed E-state index contributed by atoms with van der Waals surface area (Å²) in [5.41, 5.74) is 3.10. The van der Waals surface area contributed by atoms with Crippen molar-refractivity contribution in [3.63, 3.8) is 0 Å². The van der Waals surface area contributed by atoms with Gasteiger partial charge in [0.05, 0.1) is 16.8 Å². The summed E-state index contributed by atoms with van der Waals surface area (Å²) in [7, 11) is 4.13. The van der Waals surface area contributed by atoms with Gasteiger partial charge in [-0.2, -0.15) is 0 Å². The Labute approximate surface area is 186 Å². The number of hydrogen-bond acceptors (Lipinski definition) is 6. The SMILES string of the molecule is CC(=O)OC1(C(=O)NCc2nc3cc(CCN(C)C)ccc3s2)Cc2ccccc2C1. The van der Waals surface area contributed by atoms with E-state index in [1.165, 1.54) is 12.5 Å². The number of nitrogens with zero attached hydrogens (tertiary/aromatic N) is 2. The zero-order valence-corrected chi connectivity index (χ0v) is 18.9. The van der Waals surface area contributed by atoms with E-state index in [4.69, 9.17) is 9.72 Å². The number of carbonyl (C=O) groups excluding carboxylic acids is 2. The fraction of sp³-hybridized carbons (Fsp3) is 0.375. The fourth-order valence-corrected chi connectivity index (χ4v) is 4.94. The van der Waals surface area contributed by atoms with Crippen molar-refractivity contribution in [3.05, 3.63) is 64.2 Å². The molecule has 0 bridgehead atoms. The van der Waals surface area contributed by atoms with Gasteiger partial charge in [-0.05, 0) is 49.3 Å². The van der Waals surface area contributed by atoms with E-state index in [9.17, 15) is 9.59 Å². The van der Waals surface area contributed by atoms with Gasteiger partial charge < -0.3 is 15.0 Å². The molecule has 1 aromatic heterocycles. The number of aromatic nitrogens is 1. The molecule has 0 aliphatic heterocycles. The third kappa shape index (κ3) is 4.78. The first kappa shape index (κ1) is 21.5. The lowest BCUT2D eigenvalue weighted by Gasteiger charge is -2.27. The van der Waals surface area contributed by atoms with Gasteiger partial charge in [0.1, 0.15) is 5.01 Å². The van der Waals surface area contributed by atoms with Crippen molar-refractivity contribution < 1.29 is 14.3 Å².